The van der Waals surface area contributed by atoms with Gasteiger partial charge in [-0.25, -0.2) is 14.4 Å². The van der Waals surface area contributed by atoms with Gasteiger partial charge in [0.2, 0.25) is 0 Å². The molecule has 0 atom stereocenters. The second kappa shape index (κ2) is 19.7. The van der Waals surface area contributed by atoms with Gasteiger partial charge in [0, 0.05) is 42.5 Å². The first kappa shape index (κ1) is 41.1. The van der Waals surface area contributed by atoms with Gasteiger partial charge in [-0.1, -0.05) is 0 Å². The van der Waals surface area contributed by atoms with Crippen LogP contribution < -0.4 is 11.5 Å². The fourth-order valence-electron chi connectivity index (χ4n) is 3.75. The number of non-ortho nitro benzene ring substituents is 1. The highest BCUT2D eigenvalue weighted by Crippen LogP contribution is 2.30. The van der Waals surface area contributed by atoms with E-state index in [1.807, 2.05) is 6.92 Å². The van der Waals surface area contributed by atoms with Crippen LogP contribution in [-0.4, -0.2) is 54.0 Å². The van der Waals surface area contributed by atoms with Gasteiger partial charge in [-0.3, -0.25) is 30.3 Å². The molecule has 0 bridgehead atoms. The molecule has 4 N–H and O–H groups in total. The molecule has 0 saturated carbocycles. The fraction of sp³-hybridized carbons (Fsp3) is 0.182. The first-order valence-electron chi connectivity index (χ1n) is 14.1. The zero-order valence-electron chi connectivity index (χ0n) is 27.9. The van der Waals surface area contributed by atoms with E-state index in [1.165, 1.54) is 51.7 Å². The molecule has 0 spiro atoms. The lowest BCUT2D eigenvalue weighted by atomic mass is 10.1. The van der Waals surface area contributed by atoms with Crippen molar-refractivity contribution in [2.45, 2.75) is 20.8 Å². The number of nitro benzene ring substituents is 3. The van der Waals surface area contributed by atoms with E-state index in [0.29, 0.717) is 22.5 Å². The van der Waals surface area contributed by atoms with Gasteiger partial charge >= 0.3 is 29.3 Å². The largest absolute Gasteiger partial charge is 0.466 e. The number of ether oxygens (including phenoxy) is 3. The smallest absolute Gasteiger partial charge is 0.346 e. The summed E-state index contributed by atoms with van der Waals surface area (Å²) in [6.07, 6.45) is 8.21. The van der Waals surface area contributed by atoms with E-state index in [4.69, 9.17) is 11.5 Å². The molecular formula is C33H35N5O12. The molecule has 0 aliphatic rings. The van der Waals surface area contributed by atoms with Crippen molar-refractivity contribution in [2.24, 2.45) is 0 Å². The maximum Gasteiger partial charge on any atom is 0.346 e. The molecule has 0 aromatic heterocycles. The number of anilines is 2. The van der Waals surface area contributed by atoms with Gasteiger partial charge in [-0.05, 0) is 90.6 Å². The number of esters is 3. The number of nitrogen functional groups attached to an aromatic ring is 2. The summed E-state index contributed by atoms with van der Waals surface area (Å²) in [5.74, 6) is -1.48. The molecule has 3 aromatic rings. The highest BCUT2D eigenvalue weighted by Gasteiger charge is 2.25. The van der Waals surface area contributed by atoms with Crippen LogP contribution in [0.15, 0.2) is 60.7 Å². The topological polar surface area (TPSA) is 260 Å². The van der Waals surface area contributed by atoms with Crippen LogP contribution in [0.25, 0.3) is 18.2 Å². The van der Waals surface area contributed by atoms with E-state index in [-0.39, 0.29) is 5.69 Å². The Bertz CT molecular complexity index is 1870. The maximum atomic E-state index is 10.9. The molecule has 0 amide bonds. The first-order valence-corrected chi connectivity index (χ1v) is 14.1. The van der Waals surface area contributed by atoms with Crippen LogP contribution >= 0.6 is 0 Å². The number of nitrogens with two attached hydrogens (primary N) is 2. The van der Waals surface area contributed by atoms with Crippen LogP contribution in [-0.2, 0) is 28.6 Å². The lowest BCUT2D eigenvalue weighted by Crippen LogP contribution is -1.99. The number of carbonyl (C=O) groups excluding carboxylic acids is 3. The van der Waals surface area contributed by atoms with Gasteiger partial charge in [0.05, 0.1) is 47.5 Å². The molecule has 17 heteroatoms. The van der Waals surface area contributed by atoms with Crippen molar-refractivity contribution in [3.8, 4) is 0 Å². The van der Waals surface area contributed by atoms with Gasteiger partial charge in [0.15, 0.2) is 0 Å². The lowest BCUT2D eigenvalue weighted by molar-refractivity contribution is -0.422. The van der Waals surface area contributed by atoms with E-state index >= 15 is 0 Å². The minimum absolute atomic E-state index is 0.0349. The molecule has 0 radical (unpaired) electrons. The van der Waals surface area contributed by atoms with E-state index < -0.39 is 44.1 Å². The predicted octanol–water partition coefficient (Wildman–Crippen LogP) is 5.43. The molecule has 0 heterocycles. The summed E-state index contributed by atoms with van der Waals surface area (Å²) < 4.78 is 13.3. The minimum Gasteiger partial charge on any atom is -0.466 e. The van der Waals surface area contributed by atoms with Crippen molar-refractivity contribution in [2.75, 3.05) is 32.8 Å². The van der Waals surface area contributed by atoms with Crippen molar-refractivity contribution in [1.29, 1.82) is 0 Å². The third-order valence-electron chi connectivity index (χ3n) is 6.49. The highest BCUT2D eigenvalue weighted by atomic mass is 16.6. The van der Waals surface area contributed by atoms with Crippen molar-refractivity contribution in [1.82, 2.24) is 0 Å². The number of nitro groups is 3. The Kier molecular flexibility index (Phi) is 16.2. The van der Waals surface area contributed by atoms with Crippen LogP contribution in [0.1, 0.15) is 33.4 Å². The zero-order chi connectivity index (χ0) is 38.1. The van der Waals surface area contributed by atoms with Crippen LogP contribution in [0, 0.1) is 51.1 Å². The van der Waals surface area contributed by atoms with Gasteiger partial charge in [0.1, 0.15) is 0 Å². The molecule has 0 aliphatic heterocycles. The highest BCUT2D eigenvalue weighted by molar-refractivity contribution is 5.89. The third-order valence-corrected chi connectivity index (χ3v) is 6.49. The summed E-state index contributed by atoms with van der Waals surface area (Å²) in [5, 5.41) is 32.0. The van der Waals surface area contributed by atoms with Crippen molar-refractivity contribution >= 4 is 64.6 Å². The van der Waals surface area contributed by atoms with Crippen LogP contribution in [0.3, 0.4) is 0 Å². The van der Waals surface area contributed by atoms with Crippen molar-refractivity contribution < 1.29 is 43.4 Å². The Morgan fingerprint density at radius 1 is 0.560 bits per heavy atom. The summed E-state index contributed by atoms with van der Waals surface area (Å²) in [7, 11) is 3.81. The molecule has 0 fully saturated rings. The van der Waals surface area contributed by atoms with E-state index in [0.717, 1.165) is 40.5 Å². The summed E-state index contributed by atoms with van der Waals surface area (Å²) in [6, 6.07) is 10.1. The Hall–Kier alpha value is -6.91. The number of carbonyl (C=O) groups is 3. The number of methoxy groups -OCH3 is 3. The molecule has 264 valence electrons. The van der Waals surface area contributed by atoms with E-state index in [2.05, 4.69) is 14.2 Å². The number of rotatable bonds is 9. The van der Waals surface area contributed by atoms with Crippen molar-refractivity contribution in [3.63, 3.8) is 0 Å². The second-order valence-electron chi connectivity index (χ2n) is 9.92. The maximum absolute atomic E-state index is 10.9. The van der Waals surface area contributed by atoms with Crippen LogP contribution in [0.4, 0.5) is 28.4 Å². The summed E-state index contributed by atoms with van der Waals surface area (Å²) in [5.41, 5.74) is 15.2. The molecule has 3 aromatic carbocycles. The summed E-state index contributed by atoms with van der Waals surface area (Å²) in [4.78, 5) is 62.5. The van der Waals surface area contributed by atoms with Crippen LogP contribution in [0.2, 0.25) is 0 Å². The average Bonchev–Trinajstić information content (AvgIpc) is 3.07. The van der Waals surface area contributed by atoms with Crippen molar-refractivity contribution in [3.05, 3.63) is 124 Å². The number of benzene rings is 3. The molecule has 0 saturated heterocycles. The van der Waals surface area contributed by atoms with Gasteiger partial charge in [-0.2, -0.15) is 0 Å². The SMILES string of the molecule is COC(=O)/C=C/c1cc(N)c(N)cc1C.COC(=O)/C=C/c1cc([N+](=O)[O-])c([N+](=O)[O-])cc1C.COC(=O)/C=C/c1ccc([N+](=O)[O-])cc1C. The first-order chi connectivity index (χ1) is 23.4. The molecule has 0 unspecified atom stereocenters. The molecular weight excluding hydrogens is 658 g/mol. The Balaban J connectivity index is 0.000000378. The average molecular weight is 694 g/mol. The van der Waals surface area contributed by atoms with E-state index in [1.54, 1.807) is 44.2 Å². The molecule has 50 heavy (non-hydrogen) atoms. The monoisotopic (exact) mass is 693 g/mol. The summed E-state index contributed by atoms with van der Waals surface area (Å²) >= 11 is 0. The Morgan fingerprint density at radius 3 is 1.36 bits per heavy atom. The Morgan fingerprint density at radius 2 is 0.940 bits per heavy atom. The van der Waals surface area contributed by atoms with E-state index in [9.17, 15) is 44.7 Å². The number of hydrogen-bond acceptors (Lipinski definition) is 14. The predicted molar refractivity (Wildman–Crippen MR) is 185 cm³/mol. The normalized spacial score (nSPS) is 10.4. The van der Waals surface area contributed by atoms with Gasteiger partial charge < -0.3 is 25.7 Å². The molecule has 0 aliphatic carbocycles. The molecule has 3 rings (SSSR count). The zero-order valence-corrected chi connectivity index (χ0v) is 27.9. The number of hydrogen-bond donors (Lipinski definition) is 2. The quantitative estimate of drug-likeness (QED) is 0.0707. The van der Waals surface area contributed by atoms with Gasteiger partial charge in [-0.15, -0.1) is 0 Å². The van der Waals surface area contributed by atoms with Gasteiger partial charge in [0.25, 0.3) is 5.69 Å². The fourth-order valence-corrected chi connectivity index (χ4v) is 3.75. The second-order valence-corrected chi connectivity index (χ2v) is 9.92. The molecule has 17 nitrogen and oxygen atoms in total. The van der Waals surface area contributed by atoms with Crippen LogP contribution in [0.5, 0.6) is 0 Å². The minimum atomic E-state index is -0.840. The number of nitrogens with zero attached hydrogens (tertiary/aromatic N) is 3. The Labute approximate surface area is 285 Å². The third kappa shape index (κ3) is 13.1. The number of aryl methyl sites for hydroxylation is 3. The standard InChI is InChI=1S/C11H10N2O6.C11H14N2O2.C11H11NO4/c1-7-5-9(12(15)16)10(13(17)18)6-8(7)3-4-11(14)19-2;1-7-5-9(12)10(13)6-8(7)3-4-11(14)15-2;1-8-7-10(12(14)15)5-3-9(8)4-6-11(13)16-2/h3-6H,1-2H3;3-6H,12-13H2,1-2H3;3-7H,1-2H3/b2*4-3+;6-4+. The summed E-state index contributed by atoms with van der Waals surface area (Å²) in [6.45, 7) is 5.18. The lowest BCUT2D eigenvalue weighted by Gasteiger charge is -2.05.